The third kappa shape index (κ3) is 21.5. The molecule has 0 radical (unpaired) electrons. The van der Waals surface area contributed by atoms with E-state index in [1.54, 1.807) is 0 Å². The van der Waals surface area contributed by atoms with Gasteiger partial charge in [0.05, 0.1) is 56.3 Å². The molecule has 0 fully saturated rings. The van der Waals surface area contributed by atoms with Crippen LogP contribution in [0.25, 0.3) is 0 Å². The molecule has 0 spiro atoms. The molecule has 92 heavy (non-hydrogen) atoms. The topological polar surface area (TPSA) is 454 Å². The van der Waals surface area contributed by atoms with E-state index < -0.39 is 83.3 Å². The predicted octanol–water partition coefficient (Wildman–Crippen LogP) is 3.98. The second kappa shape index (κ2) is 37.1. The van der Waals surface area contributed by atoms with Crippen LogP contribution in [0.2, 0.25) is 0 Å². The monoisotopic (exact) mass is 1270 g/mol. The minimum atomic E-state index is -1.24. The lowest BCUT2D eigenvalue weighted by atomic mass is 10.0. The number of rotatable bonds is 38. The van der Waals surface area contributed by atoms with Crippen molar-refractivity contribution in [3.63, 3.8) is 0 Å². The van der Waals surface area contributed by atoms with E-state index in [2.05, 4.69) is 42.5 Å². The summed E-state index contributed by atoms with van der Waals surface area (Å²) in [6.45, 7) is 1.23. The molecule has 5 rings (SSSR count). The molecule has 0 aromatic heterocycles. The molecule has 0 saturated carbocycles. The highest BCUT2D eigenvalue weighted by Gasteiger charge is 2.30. The number of carboxylic acids is 1. The average Bonchev–Trinajstić information content (AvgIpc) is 1.33. The Morgan fingerprint density at radius 1 is 0.370 bits per heavy atom. The summed E-state index contributed by atoms with van der Waals surface area (Å²) in [4.78, 5) is 136. The number of ether oxygens (including phenoxy) is 4. The normalized spacial score (nSPS) is 12.1. The summed E-state index contributed by atoms with van der Waals surface area (Å²) in [6, 6.07) is 17.8. The molecule has 0 aliphatic carbocycles. The molecule has 5 aromatic carbocycles. The molecule has 28 nitrogen and oxygen atoms in total. The molecule has 0 bridgehead atoms. The van der Waals surface area contributed by atoms with Gasteiger partial charge in [-0.25, -0.2) is 4.79 Å². The van der Waals surface area contributed by atoms with Gasteiger partial charge < -0.3 is 95.3 Å². The van der Waals surface area contributed by atoms with Crippen molar-refractivity contribution in [3.05, 3.63) is 130 Å². The van der Waals surface area contributed by atoms with Crippen LogP contribution in [-0.4, -0.2) is 143 Å². The van der Waals surface area contributed by atoms with Gasteiger partial charge in [0.15, 0.2) is 0 Å². The minimum Gasteiger partial charge on any atom is -0.496 e. The molecule has 9 amide bonds. The van der Waals surface area contributed by atoms with E-state index in [1.807, 2.05) is 0 Å². The van der Waals surface area contributed by atoms with Gasteiger partial charge in [-0.15, -0.1) is 0 Å². The number of methoxy groups -OCH3 is 4. The second-order valence-electron chi connectivity index (χ2n) is 21.1. The number of benzene rings is 5. The van der Waals surface area contributed by atoms with Crippen LogP contribution in [0.15, 0.2) is 97.1 Å². The number of hydrogen-bond donors (Lipinski definition) is 14. The van der Waals surface area contributed by atoms with Crippen molar-refractivity contribution in [2.75, 3.05) is 75.9 Å². The smallest absolute Gasteiger partial charge is 0.335 e. The SMILES string of the molecule is COc1ccc(NC(=O)C(CCCCN)NC(=O)c2cc(NC(=O)C(CCCCN)NC(=O)c3cc(NC(=O)C(CCCCN)NC(=O)c4cc(NC(=O)C(CCCCN)NC(=O)c5cccc(C(=O)O)c5)ccc4OC)ccc3OC)ccc2OC)cc1C(N)=O. The van der Waals surface area contributed by atoms with E-state index in [0.717, 1.165) is 0 Å². The maximum Gasteiger partial charge on any atom is 0.335 e. The zero-order valence-electron chi connectivity index (χ0n) is 51.9. The van der Waals surface area contributed by atoms with Gasteiger partial charge in [0.2, 0.25) is 23.6 Å². The molecular formula is C64H83N13O15. The summed E-state index contributed by atoms with van der Waals surface area (Å²) in [5.41, 5.74) is 28.9. The fraction of sp³-hybridized carbons (Fsp3) is 0.375. The number of carbonyl (C=O) groups is 10. The number of primary amides is 1. The number of amides is 9. The molecular weight excluding hydrogens is 1190 g/mol. The van der Waals surface area contributed by atoms with Gasteiger partial charge in [-0.05, 0) is 194 Å². The molecule has 0 aliphatic heterocycles. The third-order valence-electron chi connectivity index (χ3n) is 14.5. The molecule has 494 valence electrons. The highest BCUT2D eigenvalue weighted by molar-refractivity contribution is 6.08. The lowest BCUT2D eigenvalue weighted by Gasteiger charge is -2.22. The van der Waals surface area contributed by atoms with Gasteiger partial charge in [0.25, 0.3) is 29.5 Å². The summed E-state index contributed by atoms with van der Waals surface area (Å²) in [6.07, 6.45) is 4.34. The second-order valence-corrected chi connectivity index (χ2v) is 21.1. The van der Waals surface area contributed by atoms with E-state index >= 15 is 0 Å². The Hall–Kier alpha value is -10.2. The first-order chi connectivity index (χ1) is 44.2. The number of unbranched alkanes of at least 4 members (excludes halogenated alkanes) is 4. The highest BCUT2D eigenvalue weighted by atomic mass is 16.5. The molecule has 4 unspecified atom stereocenters. The fourth-order valence-electron chi connectivity index (χ4n) is 9.57. The van der Waals surface area contributed by atoms with E-state index in [-0.39, 0.29) is 118 Å². The van der Waals surface area contributed by atoms with Crippen molar-refractivity contribution < 1.29 is 72.0 Å². The maximum atomic E-state index is 14.3. The zero-order chi connectivity index (χ0) is 67.3. The summed E-state index contributed by atoms with van der Waals surface area (Å²) in [7, 11) is 5.36. The summed E-state index contributed by atoms with van der Waals surface area (Å²) < 4.78 is 21.8. The summed E-state index contributed by atoms with van der Waals surface area (Å²) in [5, 5.41) is 31.4. The number of carboxylic acid groups (broad SMARTS) is 1. The van der Waals surface area contributed by atoms with Crippen molar-refractivity contribution in [2.24, 2.45) is 28.7 Å². The molecule has 28 heteroatoms. The number of carbonyl (C=O) groups excluding carboxylic acids is 9. The van der Waals surface area contributed by atoms with Gasteiger partial charge in [-0.3, -0.25) is 43.2 Å². The molecule has 0 saturated heterocycles. The molecule has 19 N–H and O–H groups in total. The largest absolute Gasteiger partial charge is 0.496 e. The Balaban J connectivity index is 1.33. The molecule has 0 heterocycles. The van der Waals surface area contributed by atoms with Crippen LogP contribution in [0.3, 0.4) is 0 Å². The molecule has 0 aliphatic rings. The van der Waals surface area contributed by atoms with Crippen molar-refractivity contribution in [1.82, 2.24) is 21.3 Å². The average molecular weight is 1270 g/mol. The Morgan fingerprint density at radius 2 is 0.641 bits per heavy atom. The summed E-state index contributed by atoms with van der Waals surface area (Å²) >= 11 is 0. The van der Waals surface area contributed by atoms with E-state index in [9.17, 15) is 53.1 Å². The Labute approximate surface area is 532 Å². The van der Waals surface area contributed by atoms with Gasteiger partial charge in [0.1, 0.15) is 47.2 Å². The van der Waals surface area contributed by atoms with Gasteiger partial charge in [-0.1, -0.05) is 6.07 Å². The first-order valence-corrected chi connectivity index (χ1v) is 29.9. The van der Waals surface area contributed by atoms with Crippen molar-refractivity contribution in [1.29, 1.82) is 0 Å². The van der Waals surface area contributed by atoms with Crippen molar-refractivity contribution in [3.8, 4) is 23.0 Å². The first-order valence-electron chi connectivity index (χ1n) is 29.9. The van der Waals surface area contributed by atoms with E-state index in [1.165, 1.54) is 126 Å². The third-order valence-corrected chi connectivity index (χ3v) is 14.5. The van der Waals surface area contributed by atoms with Crippen LogP contribution in [0.5, 0.6) is 23.0 Å². The van der Waals surface area contributed by atoms with Gasteiger partial charge in [-0.2, -0.15) is 0 Å². The predicted molar refractivity (Wildman–Crippen MR) is 345 cm³/mol. The number of nitrogens with two attached hydrogens (primary N) is 5. The van der Waals surface area contributed by atoms with Gasteiger partial charge >= 0.3 is 5.97 Å². The molecule has 4 atom stereocenters. The van der Waals surface area contributed by atoms with Crippen LogP contribution in [0, 0.1) is 0 Å². The van der Waals surface area contributed by atoms with Crippen molar-refractivity contribution >= 4 is 81.9 Å². The highest BCUT2D eigenvalue weighted by Crippen LogP contribution is 2.28. The first kappa shape index (κ1) is 72.6. The van der Waals surface area contributed by atoms with Crippen LogP contribution in [0.4, 0.5) is 22.7 Å². The number of aromatic carboxylic acids is 1. The van der Waals surface area contributed by atoms with E-state index in [0.29, 0.717) is 64.5 Å². The zero-order valence-corrected chi connectivity index (χ0v) is 51.9. The fourth-order valence-corrected chi connectivity index (χ4v) is 9.57. The lowest BCUT2D eigenvalue weighted by Crippen LogP contribution is -2.44. The molecule has 5 aromatic rings. The number of nitrogens with one attached hydrogen (secondary N) is 8. The van der Waals surface area contributed by atoms with Crippen molar-refractivity contribution in [2.45, 2.75) is 101 Å². The van der Waals surface area contributed by atoms with Gasteiger partial charge in [0, 0.05) is 28.3 Å². The van der Waals surface area contributed by atoms with Crippen LogP contribution >= 0.6 is 0 Å². The number of anilines is 4. The Morgan fingerprint density at radius 3 is 0.913 bits per heavy atom. The van der Waals surface area contributed by atoms with Crippen LogP contribution in [0.1, 0.15) is 139 Å². The van der Waals surface area contributed by atoms with Crippen LogP contribution < -0.4 is 90.2 Å². The Kier molecular flexibility index (Phi) is 29.3. The minimum absolute atomic E-state index is 0.0204. The maximum absolute atomic E-state index is 14.3. The van der Waals surface area contributed by atoms with Crippen LogP contribution in [-0.2, 0) is 19.2 Å². The Bertz CT molecular complexity index is 3420. The summed E-state index contributed by atoms with van der Waals surface area (Å²) in [5.74, 6) is -7.17. The standard InChI is InChI=1S/C64H83N13O15/c1-89-51-24-20-39(33-43(51)55(69)78)70-61(84)48(17-6-10-29-66)75-57(80)45-35-41(22-26-53(45)91-3)72-63(86)50(19-8-12-31-68)77-59(82)46-36-42(23-27-54(46)92-4)73-62(85)49(18-7-11-30-67)76-58(81)44-34-40(21-25-52(44)90-2)71-60(83)47(16-5-9-28-65)74-56(79)37-14-13-15-38(32-37)64(87)88/h13-15,20-27,32-36,47-50H,5-12,16-19,28-31,65-68H2,1-4H3,(H2,69,78)(H,70,84)(H,71,83)(H,72,86)(H,73,85)(H,74,79)(H,75,80)(H,76,81)(H,77,82)(H,87,88). The number of hydrogen-bond acceptors (Lipinski definition) is 18. The quantitative estimate of drug-likeness (QED) is 0.0248. The van der Waals surface area contributed by atoms with E-state index in [4.69, 9.17) is 47.6 Å². The lowest BCUT2D eigenvalue weighted by molar-refractivity contribution is -0.118.